The van der Waals surface area contributed by atoms with Gasteiger partial charge < -0.3 is 11.1 Å². The molecule has 1 aromatic carbocycles. The predicted octanol–water partition coefficient (Wildman–Crippen LogP) is 3.37. The lowest BCUT2D eigenvalue weighted by atomic mass is 10.2. The summed E-state index contributed by atoms with van der Waals surface area (Å²) >= 11 is 5.81. The molecule has 82 valence electrons. The molecule has 0 bridgehead atoms. The molecule has 0 fully saturated rings. The molecule has 0 saturated heterocycles. The van der Waals surface area contributed by atoms with Gasteiger partial charge in [0.15, 0.2) is 0 Å². The summed E-state index contributed by atoms with van der Waals surface area (Å²) in [6, 6.07) is 9.35. The Bertz CT molecular complexity index is 494. The third kappa shape index (κ3) is 2.44. The molecular weight excluding hydrogens is 222 g/mol. The number of hydrogen-bond acceptors (Lipinski definition) is 3. The third-order valence-electron chi connectivity index (χ3n) is 2.21. The van der Waals surface area contributed by atoms with Gasteiger partial charge in [0.1, 0.15) is 5.82 Å². The Kier molecular flexibility index (Phi) is 2.97. The summed E-state index contributed by atoms with van der Waals surface area (Å²) < 4.78 is 0. The Morgan fingerprint density at radius 3 is 2.56 bits per heavy atom. The Morgan fingerprint density at radius 2 is 1.94 bits per heavy atom. The van der Waals surface area contributed by atoms with Crippen molar-refractivity contribution in [2.24, 2.45) is 0 Å². The number of nitrogens with one attached hydrogen (secondary N) is 1. The van der Waals surface area contributed by atoms with Gasteiger partial charge in [-0.15, -0.1) is 0 Å². The zero-order chi connectivity index (χ0) is 11.5. The zero-order valence-electron chi connectivity index (χ0n) is 8.87. The Hall–Kier alpha value is -1.74. The van der Waals surface area contributed by atoms with Crippen molar-refractivity contribution in [2.45, 2.75) is 6.92 Å². The molecule has 1 heterocycles. The van der Waals surface area contributed by atoms with Crippen LogP contribution in [0.15, 0.2) is 36.5 Å². The van der Waals surface area contributed by atoms with Crippen LogP contribution in [-0.2, 0) is 0 Å². The number of anilines is 3. The standard InChI is InChI=1S/C12H12ClN3/c1-8-6-10(14)7-15-12(8)16-11-4-2-9(13)3-5-11/h2-7H,14H2,1H3,(H,15,16). The van der Waals surface area contributed by atoms with Gasteiger partial charge in [-0.25, -0.2) is 4.98 Å². The summed E-state index contributed by atoms with van der Waals surface area (Å²) in [5.74, 6) is 0.802. The van der Waals surface area contributed by atoms with Gasteiger partial charge in [-0.1, -0.05) is 11.6 Å². The molecule has 4 heteroatoms. The van der Waals surface area contributed by atoms with Crippen molar-refractivity contribution in [2.75, 3.05) is 11.1 Å². The highest BCUT2D eigenvalue weighted by atomic mass is 35.5. The van der Waals surface area contributed by atoms with E-state index in [0.29, 0.717) is 10.7 Å². The second kappa shape index (κ2) is 4.41. The summed E-state index contributed by atoms with van der Waals surface area (Å²) in [6.45, 7) is 1.96. The summed E-state index contributed by atoms with van der Waals surface area (Å²) in [4.78, 5) is 4.23. The zero-order valence-corrected chi connectivity index (χ0v) is 9.62. The first kappa shape index (κ1) is 10.8. The molecule has 0 spiro atoms. The van der Waals surface area contributed by atoms with E-state index in [9.17, 15) is 0 Å². The first-order chi connectivity index (χ1) is 7.65. The van der Waals surface area contributed by atoms with Crippen LogP contribution in [0.5, 0.6) is 0 Å². The van der Waals surface area contributed by atoms with E-state index >= 15 is 0 Å². The summed E-state index contributed by atoms with van der Waals surface area (Å²) in [5, 5.41) is 3.92. The number of nitrogens with zero attached hydrogens (tertiary/aromatic N) is 1. The molecule has 3 N–H and O–H groups in total. The molecule has 0 aliphatic rings. The maximum absolute atomic E-state index is 5.81. The van der Waals surface area contributed by atoms with Crippen molar-refractivity contribution >= 4 is 28.8 Å². The molecule has 2 rings (SSSR count). The highest BCUT2D eigenvalue weighted by Crippen LogP contribution is 2.20. The first-order valence-corrected chi connectivity index (χ1v) is 5.27. The Balaban J connectivity index is 2.23. The molecule has 0 radical (unpaired) electrons. The maximum atomic E-state index is 5.81. The van der Waals surface area contributed by atoms with Crippen LogP contribution in [-0.4, -0.2) is 4.98 Å². The molecule has 0 saturated carbocycles. The van der Waals surface area contributed by atoms with E-state index in [1.54, 1.807) is 6.20 Å². The second-order valence-electron chi connectivity index (χ2n) is 3.57. The van der Waals surface area contributed by atoms with Crippen molar-refractivity contribution in [3.63, 3.8) is 0 Å². The fourth-order valence-electron chi connectivity index (χ4n) is 1.40. The average molecular weight is 234 g/mol. The van der Waals surface area contributed by atoms with Gasteiger partial charge in [0.05, 0.1) is 11.9 Å². The number of rotatable bonds is 2. The highest BCUT2D eigenvalue weighted by Gasteiger charge is 2.00. The van der Waals surface area contributed by atoms with E-state index in [1.165, 1.54) is 0 Å². The highest BCUT2D eigenvalue weighted by molar-refractivity contribution is 6.30. The van der Waals surface area contributed by atoms with E-state index < -0.39 is 0 Å². The normalized spacial score (nSPS) is 10.1. The minimum absolute atomic E-state index is 0.666. The van der Waals surface area contributed by atoms with Crippen LogP contribution in [0.3, 0.4) is 0 Å². The van der Waals surface area contributed by atoms with E-state index in [1.807, 2.05) is 37.3 Å². The van der Waals surface area contributed by atoms with Crippen LogP contribution in [0.2, 0.25) is 5.02 Å². The van der Waals surface area contributed by atoms with Crippen molar-refractivity contribution in [1.29, 1.82) is 0 Å². The van der Waals surface area contributed by atoms with Crippen molar-refractivity contribution in [3.05, 3.63) is 47.1 Å². The van der Waals surface area contributed by atoms with Crippen LogP contribution < -0.4 is 11.1 Å². The number of aromatic nitrogens is 1. The monoisotopic (exact) mass is 233 g/mol. The van der Waals surface area contributed by atoms with Gasteiger partial charge in [0, 0.05) is 10.7 Å². The number of hydrogen-bond donors (Lipinski definition) is 2. The lowest BCUT2D eigenvalue weighted by Gasteiger charge is -2.08. The van der Waals surface area contributed by atoms with Crippen LogP contribution in [0.1, 0.15) is 5.56 Å². The lowest BCUT2D eigenvalue weighted by Crippen LogP contribution is -1.97. The minimum atomic E-state index is 0.666. The fourth-order valence-corrected chi connectivity index (χ4v) is 1.52. The quantitative estimate of drug-likeness (QED) is 0.836. The summed E-state index contributed by atoms with van der Waals surface area (Å²) in [6.07, 6.45) is 1.63. The molecular formula is C12H12ClN3. The van der Waals surface area contributed by atoms with Gasteiger partial charge in [-0.2, -0.15) is 0 Å². The van der Waals surface area contributed by atoms with Crippen LogP contribution >= 0.6 is 11.6 Å². The first-order valence-electron chi connectivity index (χ1n) is 4.90. The van der Waals surface area contributed by atoms with Crippen molar-refractivity contribution < 1.29 is 0 Å². The molecule has 0 aliphatic heterocycles. The largest absolute Gasteiger partial charge is 0.397 e. The van der Waals surface area contributed by atoms with Crippen LogP contribution in [0.4, 0.5) is 17.2 Å². The molecule has 3 nitrogen and oxygen atoms in total. The van der Waals surface area contributed by atoms with Crippen molar-refractivity contribution in [1.82, 2.24) is 4.98 Å². The Morgan fingerprint density at radius 1 is 1.25 bits per heavy atom. The number of halogens is 1. The third-order valence-corrected chi connectivity index (χ3v) is 2.46. The SMILES string of the molecule is Cc1cc(N)cnc1Nc1ccc(Cl)cc1. The molecule has 0 atom stereocenters. The smallest absolute Gasteiger partial charge is 0.133 e. The minimum Gasteiger partial charge on any atom is -0.397 e. The van der Waals surface area contributed by atoms with Gasteiger partial charge in [0.25, 0.3) is 0 Å². The topological polar surface area (TPSA) is 50.9 Å². The van der Waals surface area contributed by atoms with Gasteiger partial charge in [-0.3, -0.25) is 0 Å². The molecule has 0 amide bonds. The molecule has 0 unspecified atom stereocenters. The molecule has 0 aliphatic carbocycles. The van der Waals surface area contributed by atoms with E-state index in [2.05, 4.69) is 10.3 Å². The number of pyridine rings is 1. The lowest BCUT2D eigenvalue weighted by molar-refractivity contribution is 1.26. The summed E-state index contributed by atoms with van der Waals surface area (Å²) in [7, 11) is 0. The molecule has 2 aromatic rings. The second-order valence-corrected chi connectivity index (χ2v) is 4.00. The Labute approximate surface area is 99.3 Å². The molecule has 1 aromatic heterocycles. The van der Waals surface area contributed by atoms with E-state index in [0.717, 1.165) is 17.1 Å². The molecule has 16 heavy (non-hydrogen) atoms. The fraction of sp³-hybridized carbons (Fsp3) is 0.0833. The number of aryl methyl sites for hydroxylation is 1. The van der Waals surface area contributed by atoms with Gasteiger partial charge in [0.2, 0.25) is 0 Å². The van der Waals surface area contributed by atoms with Crippen LogP contribution in [0, 0.1) is 6.92 Å². The predicted molar refractivity (Wildman–Crippen MR) is 68.1 cm³/mol. The summed E-state index contributed by atoms with van der Waals surface area (Å²) in [5.41, 5.74) is 8.26. The maximum Gasteiger partial charge on any atom is 0.133 e. The number of nitrogen functional groups attached to an aromatic ring is 1. The number of benzene rings is 1. The van der Waals surface area contributed by atoms with E-state index in [-0.39, 0.29) is 0 Å². The van der Waals surface area contributed by atoms with Gasteiger partial charge in [-0.05, 0) is 42.8 Å². The van der Waals surface area contributed by atoms with Crippen LogP contribution in [0.25, 0.3) is 0 Å². The average Bonchev–Trinajstić information content (AvgIpc) is 2.25. The van der Waals surface area contributed by atoms with Crippen molar-refractivity contribution in [3.8, 4) is 0 Å². The van der Waals surface area contributed by atoms with Gasteiger partial charge >= 0.3 is 0 Å². The number of nitrogens with two attached hydrogens (primary N) is 1. The van der Waals surface area contributed by atoms with E-state index in [4.69, 9.17) is 17.3 Å².